The zero-order valence-electron chi connectivity index (χ0n) is 9.45. The van der Waals surface area contributed by atoms with Crippen molar-refractivity contribution in [2.45, 2.75) is 32.2 Å². The standard InChI is InChI=1S/C11H17N3OS/c1-12-11-14-9(7-16-11)6-13-10(15)8-4-2-3-5-8/h7-8H,2-6H2,1H3,(H,12,14)(H,13,15). The van der Waals surface area contributed by atoms with Crippen LogP contribution in [-0.4, -0.2) is 17.9 Å². The Hall–Kier alpha value is -1.10. The highest BCUT2D eigenvalue weighted by Crippen LogP contribution is 2.24. The van der Waals surface area contributed by atoms with Crippen molar-refractivity contribution in [1.82, 2.24) is 10.3 Å². The second-order valence-electron chi connectivity index (χ2n) is 4.09. The van der Waals surface area contributed by atoms with Crippen LogP contribution in [0.25, 0.3) is 0 Å². The van der Waals surface area contributed by atoms with Gasteiger partial charge in [-0.05, 0) is 12.8 Å². The molecule has 1 aliphatic carbocycles. The highest BCUT2D eigenvalue weighted by Gasteiger charge is 2.22. The van der Waals surface area contributed by atoms with E-state index in [0.717, 1.165) is 23.7 Å². The second kappa shape index (κ2) is 5.30. The minimum atomic E-state index is 0.191. The van der Waals surface area contributed by atoms with Gasteiger partial charge in [-0.3, -0.25) is 4.79 Å². The van der Waals surface area contributed by atoms with Crippen molar-refractivity contribution in [2.75, 3.05) is 12.4 Å². The van der Waals surface area contributed by atoms with E-state index in [1.165, 1.54) is 12.8 Å². The van der Waals surface area contributed by atoms with Crippen LogP contribution in [0.4, 0.5) is 5.13 Å². The number of anilines is 1. The molecule has 0 saturated heterocycles. The van der Waals surface area contributed by atoms with Crippen molar-refractivity contribution >= 4 is 22.4 Å². The fourth-order valence-corrected chi connectivity index (χ4v) is 2.68. The third-order valence-electron chi connectivity index (χ3n) is 2.94. The molecule has 1 fully saturated rings. The molecule has 1 aliphatic rings. The zero-order valence-corrected chi connectivity index (χ0v) is 10.3. The molecule has 1 amide bonds. The fraction of sp³-hybridized carbons (Fsp3) is 0.636. The number of nitrogens with one attached hydrogen (secondary N) is 2. The number of hydrogen-bond acceptors (Lipinski definition) is 4. The lowest BCUT2D eigenvalue weighted by atomic mass is 10.1. The van der Waals surface area contributed by atoms with Crippen LogP contribution in [0.5, 0.6) is 0 Å². The van der Waals surface area contributed by atoms with Crippen molar-refractivity contribution in [3.8, 4) is 0 Å². The zero-order chi connectivity index (χ0) is 11.4. The molecule has 4 nitrogen and oxygen atoms in total. The van der Waals surface area contributed by atoms with Gasteiger partial charge in [-0.15, -0.1) is 11.3 Å². The van der Waals surface area contributed by atoms with Gasteiger partial charge in [0, 0.05) is 18.3 Å². The van der Waals surface area contributed by atoms with E-state index in [0.29, 0.717) is 6.54 Å². The van der Waals surface area contributed by atoms with Crippen LogP contribution < -0.4 is 10.6 Å². The maximum absolute atomic E-state index is 11.7. The van der Waals surface area contributed by atoms with E-state index in [9.17, 15) is 4.79 Å². The molecule has 1 aromatic rings. The smallest absolute Gasteiger partial charge is 0.223 e. The molecule has 0 aromatic carbocycles. The van der Waals surface area contributed by atoms with Crippen LogP contribution in [0, 0.1) is 5.92 Å². The Labute approximate surface area is 99.5 Å². The van der Waals surface area contributed by atoms with Gasteiger partial charge in [0.2, 0.25) is 5.91 Å². The number of carbonyl (C=O) groups excluding carboxylic acids is 1. The Morgan fingerprint density at radius 2 is 2.31 bits per heavy atom. The van der Waals surface area contributed by atoms with Crippen LogP contribution in [-0.2, 0) is 11.3 Å². The van der Waals surface area contributed by atoms with E-state index in [1.54, 1.807) is 11.3 Å². The SMILES string of the molecule is CNc1nc(CNC(=O)C2CCCC2)cs1. The summed E-state index contributed by atoms with van der Waals surface area (Å²) in [5.74, 6) is 0.430. The van der Waals surface area contributed by atoms with Crippen molar-refractivity contribution in [1.29, 1.82) is 0 Å². The summed E-state index contributed by atoms with van der Waals surface area (Å²) >= 11 is 1.56. The molecule has 0 spiro atoms. The molecular weight excluding hydrogens is 222 g/mol. The molecule has 0 bridgehead atoms. The summed E-state index contributed by atoms with van der Waals surface area (Å²) in [6.07, 6.45) is 4.48. The number of carbonyl (C=O) groups is 1. The topological polar surface area (TPSA) is 54.0 Å². The number of nitrogens with zero attached hydrogens (tertiary/aromatic N) is 1. The Bertz CT molecular complexity index is 358. The second-order valence-corrected chi connectivity index (χ2v) is 4.95. The van der Waals surface area contributed by atoms with Gasteiger partial charge in [-0.25, -0.2) is 4.98 Å². The molecule has 0 unspecified atom stereocenters. The molecular formula is C11H17N3OS. The molecule has 1 heterocycles. The highest BCUT2D eigenvalue weighted by molar-refractivity contribution is 7.13. The number of thiazole rings is 1. The molecule has 0 radical (unpaired) electrons. The number of rotatable bonds is 4. The van der Waals surface area contributed by atoms with E-state index in [4.69, 9.17) is 0 Å². The van der Waals surface area contributed by atoms with Gasteiger partial charge < -0.3 is 10.6 Å². The van der Waals surface area contributed by atoms with Crippen LogP contribution in [0.15, 0.2) is 5.38 Å². The van der Waals surface area contributed by atoms with E-state index in [2.05, 4.69) is 15.6 Å². The fourth-order valence-electron chi connectivity index (χ4n) is 2.01. The molecule has 88 valence electrons. The number of aromatic nitrogens is 1. The van der Waals surface area contributed by atoms with Gasteiger partial charge in [0.25, 0.3) is 0 Å². The van der Waals surface area contributed by atoms with E-state index in [-0.39, 0.29) is 11.8 Å². The summed E-state index contributed by atoms with van der Waals surface area (Å²) in [6, 6.07) is 0. The molecule has 0 aliphatic heterocycles. The normalized spacial score (nSPS) is 16.3. The average molecular weight is 239 g/mol. The largest absolute Gasteiger partial charge is 0.365 e. The summed E-state index contributed by atoms with van der Waals surface area (Å²) in [5, 5.41) is 8.81. The van der Waals surface area contributed by atoms with Crippen LogP contribution in [0.3, 0.4) is 0 Å². The predicted molar refractivity (Wildman–Crippen MR) is 65.5 cm³/mol. The Kier molecular flexibility index (Phi) is 3.77. The molecule has 0 atom stereocenters. The first-order valence-electron chi connectivity index (χ1n) is 5.69. The van der Waals surface area contributed by atoms with E-state index in [1.807, 2.05) is 12.4 Å². The quantitative estimate of drug-likeness (QED) is 0.845. The molecule has 1 aromatic heterocycles. The average Bonchev–Trinajstić information content (AvgIpc) is 2.96. The van der Waals surface area contributed by atoms with E-state index >= 15 is 0 Å². The van der Waals surface area contributed by atoms with Crippen molar-refractivity contribution in [3.63, 3.8) is 0 Å². The van der Waals surface area contributed by atoms with Crippen LogP contribution >= 0.6 is 11.3 Å². The van der Waals surface area contributed by atoms with E-state index < -0.39 is 0 Å². The first-order chi connectivity index (χ1) is 7.79. The van der Waals surface area contributed by atoms with Crippen molar-refractivity contribution in [2.24, 2.45) is 5.92 Å². The monoisotopic (exact) mass is 239 g/mol. The first kappa shape index (κ1) is 11.4. The Morgan fingerprint density at radius 3 is 2.94 bits per heavy atom. The first-order valence-corrected chi connectivity index (χ1v) is 6.57. The lowest BCUT2D eigenvalue weighted by molar-refractivity contribution is -0.124. The number of hydrogen-bond donors (Lipinski definition) is 2. The van der Waals surface area contributed by atoms with Gasteiger partial charge in [0.05, 0.1) is 12.2 Å². The molecule has 2 N–H and O–H groups in total. The maximum atomic E-state index is 11.7. The Balaban J connectivity index is 1.80. The maximum Gasteiger partial charge on any atom is 0.223 e. The van der Waals surface area contributed by atoms with Gasteiger partial charge in [-0.2, -0.15) is 0 Å². The number of amides is 1. The predicted octanol–water partition coefficient (Wildman–Crippen LogP) is 1.99. The van der Waals surface area contributed by atoms with Crippen LogP contribution in [0.2, 0.25) is 0 Å². The third-order valence-corrected chi connectivity index (χ3v) is 3.84. The summed E-state index contributed by atoms with van der Waals surface area (Å²) in [6.45, 7) is 0.549. The van der Waals surface area contributed by atoms with Gasteiger partial charge in [-0.1, -0.05) is 12.8 Å². The summed E-state index contributed by atoms with van der Waals surface area (Å²) in [7, 11) is 1.85. The minimum absolute atomic E-state index is 0.191. The highest BCUT2D eigenvalue weighted by atomic mass is 32.1. The lowest BCUT2D eigenvalue weighted by Crippen LogP contribution is -2.28. The Morgan fingerprint density at radius 1 is 1.56 bits per heavy atom. The molecule has 5 heteroatoms. The van der Waals surface area contributed by atoms with Crippen LogP contribution in [0.1, 0.15) is 31.4 Å². The molecule has 16 heavy (non-hydrogen) atoms. The van der Waals surface area contributed by atoms with Crippen molar-refractivity contribution in [3.05, 3.63) is 11.1 Å². The van der Waals surface area contributed by atoms with Gasteiger partial charge >= 0.3 is 0 Å². The molecule has 1 saturated carbocycles. The summed E-state index contributed by atoms with van der Waals surface area (Å²) in [5.41, 5.74) is 0.931. The van der Waals surface area contributed by atoms with Gasteiger partial charge in [0.15, 0.2) is 5.13 Å². The minimum Gasteiger partial charge on any atom is -0.365 e. The van der Waals surface area contributed by atoms with Crippen molar-refractivity contribution < 1.29 is 4.79 Å². The molecule has 2 rings (SSSR count). The lowest BCUT2D eigenvalue weighted by Gasteiger charge is -2.08. The summed E-state index contributed by atoms with van der Waals surface area (Å²) < 4.78 is 0. The third kappa shape index (κ3) is 2.72. The summed E-state index contributed by atoms with van der Waals surface area (Å²) in [4.78, 5) is 16.1. The van der Waals surface area contributed by atoms with Gasteiger partial charge in [0.1, 0.15) is 0 Å².